The van der Waals surface area contributed by atoms with Gasteiger partial charge in [-0.05, 0) is 93.0 Å². The molecule has 0 aliphatic rings. The van der Waals surface area contributed by atoms with E-state index in [9.17, 15) is 31.1 Å². The minimum atomic E-state index is -5.52. The van der Waals surface area contributed by atoms with Crippen molar-refractivity contribution in [3.05, 3.63) is 306 Å². The van der Waals surface area contributed by atoms with Gasteiger partial charge in [0.1, 0.15) is 5.75 Å². The molecule has 10 rings (SSSR count). The Morgan fingerprint density at radius 3 is 0.699 bits per heavy atom. The van der Waals surface area contributed by atoms with E-state index >= 15 is 0 Å². The van der Waals surface area contributed by atoms with Gasteiger partial charge in [-0.3, -0.25) is 0 Å². The monoisotopic (exact) mass is 1580 g/mol. The number of carbonyl (C=O) groups excluding carboxylic acids is 1. The van der Waals surface area contributed by atoms with E-state index in [1.54, 1.807) is 81.1 Å². The van der Waals surface area contributed by atoms with E-state index in [2.05, 4.69) is 248 Å². The Kier molecular flexibility index (Phi) is 107. The molecule has 113 heavy (non-hydrogen) atoms. The highest BCUT2D eigenvalue weighted by atomic mass is 19.4. The first kappa shape index (κ1) is 128. The third-order valence-electron chi connectivity index (χ3n) is 12.3. The maximum atomic E-state index is 13.5. The molecule has 0 spiro atoms. The number of esters is 1. The quantitative estimate of drug-likeness (QED) is 0.0939. The molecule has 0 aliphatic heterocycles. The van der Waals surface area contributed by atoms with Crippen LogP contribution < -0.4 is 4.74 Å². The van der Waals surface area contributed by atoms with Gasteiger partial charge in [-0.25, -0.2) is 4.79 Å². The molecular weight excluding hydrogens is 1420 g/mol. The SMILES string of the molecule is CC.CC.CC.CC.CC.CC.CC.CC.CCC.CCC.CCC.CCC.COC.COC.COC.COC.Cc1cccc(C(C)(C)c2ccccc2)c1C.FC(F)(F)C(c1ccccc1)(c1ccccc1)C(F)(F)F.O=C(Oc1ccccc1)c1ccccc1.c1ccc2ccccc2c1.c1ccc2ccccc2c1. The van der Waals surface area contributed by atoms with Crippen molar-refractivity contribution in [2.24, 2.45) is 0 Å². The molecule has 0 amide bonds. The normalized spacial score (nSPS) is 8.94. The standard InChI is InChI=1S/C17H20.C15H10F6.C13H10O2.2C10H8.4C3H8.4C2H6O.8C2H6/c1-13-9-8-12-16(14(13)2)17(3,4)15-10-6-5-7-11-15;16-14(17,18)13(15(19,20)21,11-7-3-1-4-8-11)12-9-5-2-6-10-12;14-13(11-7-3-1-4-8-11)15-12-9-5-2-6-10-12;2*1-2-6-10-8-4-3-7-9(10)5-1;8*1-3-2;8*1-2/h5-12H,1-4H3;1-10H;1-10H;2*1-8H;4*3H2,1-2H3;4*1-2H3;8*1-2H3. The molecule has 0 atom stereocenters. The number of hydrogen-bond acceptors (Lipinski definition) is 6. The first-order valence-electron chi connectivity index (χ1n) is 40.5. The highest BCUT2D eigenvalue weighted by Gasteiger charge is 2.72. The van der Waals surface area contributed by atoms with E-state index in [-0.39, 0.29) is 11.4 Å². The van der Waals surface area contributed by atoms with Crippen LogP contribution in [0.4, 0.5) is 26.3 Å². The minimum absolute atomic E-state index is 0.0668. The van der Waals surface area contributed by atoms with Gasteiger partial charge in [0.05, 0.1) is 5.56 Å². The Labute approximate surface area is 689 Å². The lowest BCUT2D eigenvalue weighted by Crippen LogP contribution is -2.54. The summed E-state index contributed by atoms with van der Waals surface area (Å²) < 4.78 is 103. The van der Waals surface area contributed by atoms with Gasteiger partial charge in [0.25, 0.3) is 0 Å². The number of para-hydroxylation sites is 1. The molecule has 0 aromatic heterocycles. The summed E-state index contributed by atoms with van der Waals surface area (Å²) in [5, 5.41) is 5.24. The number of halogens is 6. The van der Waals surface area contributed by atoms with Gasteiger partial charge in [-0.15, -0.1) is 0 Å². The smallest absolute Gasteiger partial charge is 0.411 e. The van der Waals surface area contributed by atoms with E-state index in [1.807, 2.05) is 147 Å². The molecular formula is C101H160F6O6. The molecule has 10 aromatic rings. The summed E-state index contributed by atoms with van der Waals surface area (Å²) in [6.45, 7) is 58.0. The predicted octanol–water partition coefficient (Wildman–Crippen LogP) is 33.2. The van der Waals surface area contributed by atoms with Crippen LogP contribution in [0, 0.1) is 13.8 Å². The van der Waals surface area contributed by atoms with Crippen molar-refractivity contribution >= 4 is 27.5 Å². The molecule has 10 aromatic carbocycles. The molecule has 0 radical (unpaired) electrons. The van der Waals surface area contributed by atoms with Crippen LogP contribution in [0.1, 0.15) is 249 Å². The number of carbonyl (C=O) groups is 1. The average Bonchev–Trinajstić information content (AvgIpc) is 0.720. The third-order valence-corrected chi connectivity index (χ3v) is 12.3. The second-order valence-electron chi connectivity index (χ2n) is 21.9. The number of ether oxygens (including phenoxy) is 5. The van der Waals surface area contributed by atoms with Gasteiger partial charge >= 0.3 is 18.3 Å². The minimum Gasteiger partial charge on any atom is -0.423 e. The highest BCUT2D eigenvalue weighted by Crippen LogP contribution is 2.56. The number of hydrogen-bond donors (Lipinski definition) is 0. The maximum Gasteiger partial charge on any atom is 0.411 e. The van der Waals surface area contributed by atoms with Crippen LogP contribution in [0.15, 0.2) is 267 Å². The van der Waals surface area contributed by atoms with E-state index in [0.29, 0.717) is 11.3 Å². The zero-order chi connectivity index (χ0) is 90.0. The topological polar surface area (TPSA) is 63.2 Å². The van der Waals surface area contributed by atoms with Crippen LogP contribution in [0.5, 0.6) is 5.75 Å². The molecule has 0 unspecified atom stereocenters. The number of aryl methyl sites for hydroxylation is 1. The van der Waals surface area contributed by atoms with Gasteiger partial charge < -0.3 is 23.7 Å². The third kappa shape index (κ3) is 61.8. The fourth-order valence-electron chi connectivity index (χ4n) is 8.29. The molecule has 0 fully saturated rings. The van der Waals surface area contributed by atoms with Crippen molar-refractivity contribution in [1.82, 2.24) is 0 Å². The molecule has 12 heteroatoms. The summed E-state index contributed by atoms with van der Waals surface area (Å²) in [5.74, 6) is 0.230. The fourth-order valence-corrected chi connectivity index (χ4v) is 8.29. The van der Waals surface area contributed by atoms with E-state index < -0.39 is 28.9 Å². The van der Waals surface area contributed by atoms with Crippen LogP contribution in [-0.2, 0) is 29.8 Å². The van der Waals surface area contributed by atoms with Crippen molar-refractivity contribution < 1.29 is 54.8 Å². The predicted molar refractivity (Wildman–Crippen MR) is 492 cm³/mol. The molecule has 0 saturated carbocycles. The molecule has 0 bridgehead atoms. The van der Waals surface area contributed by atoms with E-state index in [1.165, 1.54) is 81.6 Å². The molecule has 0 aliphatic carbocycles. The van der Waals surface area contributed by atoms with Gasteiger partial charge in [0.15, 0.2) is 0 Å². The Hall–Kier alpha value is -8.39. The average molecular weight is 1580 g/mol. The summed E-state index contributed by atoms with van der Waals surface area (Å²) in [7, 11) is 13.0. The number of fused-ring (bicyclic) bond motifs is 2. The van der Waals surface area contributed by atoms with Gasteiger partial charge in [0, 0.05) is 62.3 Å². The Bertz CT molecular complexity index is 3120. The number of alkyl halides is 6. The maximum absolute atomic E-state index is 13.5. The van der Waals surface area contributed by atoms with Gasteiger partial charge in [0.2, 0.25) is 5.41 Å². The van der Waals surface area contributed by atoms with Crippen molar-refractivity contribution in [2.75, 3.05) is 56.9 Å². The summed E-state index contributed by atoms with van der Waals surface area (Å²) in [6, 6.07) is 79.4. The van der Waals surface area contributed by atoms with Crippen LogP contribution in [-0.4, -0.2) is 75.2 Å². The summed E-state index contributed by atoms with van der Waals surface area (Å²) in [4.78, 5) is 11.6. The first-order chi connectivity index (χ1) is 54.3. The molecule has 0 N–H and O–H groups in total. The van der Waals surface area contributed by atoms with Crippen molar-refractivity contribution in [3.63, 3.8) is 0 Å². The summed E-state index contributed by atoms with van der Waals surface area (Å²) in [5.41, 5.74) is 0.443. The summed E-state index contributed by atoms with van der Waals surface area (Å²) in [6.07, 6.45) is -6.04. The molecule has 0 heterocycles. The Balaban J connectivity index is -0.000000116. The zero-order valence-electron chi connectivity index (χ0n) is 77.4. The van der Waals surface area contributed by atoms with Crippen molar-refractivity contribution in [1.29, 1.82) is 0 Å². The van der Waals surface area contributed by atoms with E-state index in [0.717, 1.165) is 48.5 Å². The van der Waals surface area contributed by atoms with Crippen LogP contribution >= 0.6 is 0 Å². The second-order valence-corrected chi connectivity index (χ2v) is 21.9. The Morgan fingerprint density at radius 1 is 0.283 bits per heavy atom. The lowest BCUT2D eigenvalue weighted by molar-refractivity contribution is -0.288. The number of methoxy groups -OCH3 is 4. The number of rotatable bonds is 6. The highest BCUT2D eigenvalue weighted by molar-refractivity contribution is 5.91. The largest absolute Gasteiger partial charge is 0.423 e. The van der Waals surface area contributed by atoms with Crippen LogP contribution in [0.3, 0.4) is 0 Å². The number of benzene rings is 10. The fraction of sp³-hybridized carbons (Fsp3) is 0.436. The summed E-state index contributed by atoms with van der Waals surface area (Å²) >= 11 is 0. The molecule has 0 saturated heterocycles. The van der Waals surface area contributed by atoms with Crippen LogP contribution in [0.2, 0.25) is 0 Å². The molecule has 6 nitrogen and oxygen atoms in total. The lowest BCUT2D eigenvalue weighted by atomic mass is 9.73. The van der Waals surface area contributed by atoms with Crippen molar-refractivity contribution in [3.8, 4) is 5.75 Å². The Morgan fingerprint density at radius 2 is 0.478 bits per heavy atom. The van der Waals surface area contributed by atoms with Gasteiger partial charge in [-0.2, -0.15) is 26.3 Å². The van der Waals surface area contributed by atoms with Crippen LogP contribution in [0.25, 0.3) is 21.5 Å². The second kappa shape index (κ2) is 94.2. The van der Waals surface area contributed by atoms with Gasteiger partial charge in [-0.1, -0.05) is 448 Å². The van der Waals surface area contributed by atoms with Crippen molar-refractivity contribution in [2.45, 2.75) is 243 Å². The first-order valence-corrected chi connectivity index (χ1v) is 40.5. The molecule has 642 valence electrons. The zero-order valence-corrected chi connectivity index (χ0v) is 77.4. The lowest BCUT2D eigenvalue weighted by Gasteiger charge is -2.38. The van der Waals surface area contributed by atoms with E-state index in [4.69, 9.17) is 4.74 Å².